The van der Waals surface area contributed by atoms with Crippen molar-refractivity contribution in [1.29, 1.82) is 0 Å². The van der Waals surface area contributed by atoms with E-state index in [1.54, 1.807) is 24.3 Å². The Morgan fingerprint density at radius 1 is 0.960 bits per heavy atom. The predicted octanol–water partition coefficient (Wildman–Crippen LogP) is 3.29. The number of para-hydroxylation sites is 1. The van der Waals surface area contributed by atoms with Crippen molar-refractivity contribution in [2.45, 2.75) is 31.7 Å². The zero-order valence-corrected chi connectivity index (χ0v) is 15.7. The fraction of sp³-hybridized carbons (Fsp3) is 0.316. The van der Waals surface area contributed by atoms with Crippen LogP contribution in [0, 0.1) is 5.92 Å². The molecular weight excluding hydrogens is 336 g/mol. The molecule has 1 atom stereocenters. The lowest BCUT2D eigenvalue weighted by Crippen LogP contribution is -2.36. The van der Waals surface area contributed by atoms with Crippen LogP contribution in [0.5, 0.6) is 0 Å². The van der Waals surface area contributed by atoms with Gasteiger partial charge in [0, 0.05) is 18.7 Å². The average Bonchev–Trinajstić information content (AvgIpc) is 2.61. The topological polar surface area (TPSA) is 66.5 Å². The lowest BCUT2D eigenvalue weighted by atomic mass is 10.1. The van der Waals surface area contributed by atoms with E-state index in [1.807, 2.05) is 26.8 Å². The molecule has 2 aromatic carbocycles. The highest BCUT2D eigenvalue weighted by atomic mass is 32.2. The molecule has 0 aliphatic rings. The second kappa shape index (κ2) is 7.70. The molecule has 5 nitrogen and oxygen atoms in total. The van der Waals surface area contributed by atoms with Gasteiger partial charge in [-0.2, -0.15) is 0 Å². The second-order valence-electron chi connectivity index (χ2n) is 6.34. The number of nitrogens with one attached hydrogen (secondary N) is 1. The van der Waals surface area contributed by atoms with Crippen LogP contribution in [-0.4, -0.2) is 27.4 Å². The molecule has 25 heavy (non-hydrogen) atoms. The maximum absolute atomic E-state index is 12.7. The first-order valence-electron chi connectivity index (χ1n) is 8.18. The largest absolute Gasteiger partial charge is 0.349 e. The Morgan fingerprint density at radius 3 is 2.04 bits per heavy atom. The van der Waals surface area contributed by atoms with Gasteiger partial charge in [-0.25, -0.2) is 8.42 Å². The van der Waals surface area contributed by atoms with Crippen molar-refractivity contribution in [2.24, 2.45) is 5.92 Å². The number of amides is 1. The summed E-state index contributed by atoms with van der Waals surface area (Å²) in [4.78, 5) is 12.4. The highest BCUT2D eigenvalue weighted by molar-refractivity contribution is 7.92. The SMILES string of the molecule is CC(C)[C@H](C)NC(=O)c1ccc(S(=O)(=O)N(C)c2ccccc2)cc1. The van der Waals surface area contributed by atoms with Crippen LogP contribution in [0.3, 0.4) is 0 Å². The Kier molecular flexibility index (Phi) is 5.85. The average molecular weight is 360 g/mol. The number of hydrogen-bond acceptors (Lipinski definition) is 3. The molecule has 2 aromatic rings. The smallest absolute Gasteiger partial charge is 0.264 e. The summed E-state index contributed by atoms with van der Waals surface area (Å²) in [7, 11) is -2.16. The van der Waals surface area contributed by atoms with Gasteiger partial charge in [-0.3, -0.25) is 9.10 Å². The summed E-state index contributed by atoms with van der Waals surface area (Å²) in [5.41, 5.74) is 1.02. The van der Waals surface area contributed by atoms with Crippen LogP contribution < -0.4 is 9.62 Å². The predicted molar refractivity (Wildman–Crippen MR) is 100 cm³/mol. The van der Waals surface area contributed by atoms with Gasteiger partial charge in [-0.1, -0.05) is 32.0 Å². The number of benzene rings is 2. The molecular formula is C19H24N2O3S. The van der Waals surface area contributed by atoms with Crippen molar-refractivity contribution in [2.75, 3.05) is 11.4 Å². The first kappa shape index (κ1) is 19.0. The molecule has 0 radical (unpaired) electrons. The third-order valence-corrected chi connectivity index (χ3v) is 6.05. The first-order valence-corrected chi connectivity index (χ1v) is 9.62. The number of hydrogen-bond donors (Lipinski definition) is 1. The summed E-state index contributed by atoms with van der Waals surface area (Å²) in [5.74, 6) is 0.115. The van der Waals surface area contributed by atoms with Gasteiger partial charge >= 0.3 is 0 Å². The van der Waals surface area contributed by atoms with Crippen molar-refractivity contribution in [1.82, 2.24) is 5.32 Å². The van der Waals surface area contributed by atoms with E-state index in [2.05, 4.69) is 5.32 Å². The summed E-state index contributed by atoms with van der Waals surface area (Å²) in [6, 6.07) is 14.9. The minimum atomic E-state index is -3.67. The summed E-state index contributed by atoms with van der Waals surface area (Å²) >= 11 is 0. The van der Waals surface area contributed by atoms with E-state index in [9.17, 15) is 13.2 Å². The third kappa shape index (κ3) is 4.39. The first-order chi connectivity index (χ1) is 11.7. The molecule has 0 fully saturated rings. The van der Waals surface area contributed by atoms with Gasteiger partial charge in [0.25, 0.3) is 15.9 Å². The fourth-order valence-electron chi connectivity index (χ4n) is 2.17. The van der Waals surface area contributed by atoms with Crippen molar-refractivity contribution < 1.29 is 13.2 Å². The van der Waals surface area contributed by atoms with Gasteiger partial charge < -0.3 is 5.32 Å². The van der Waals surface area contributed by atoms with Gasteiger partial charge in [0.05, 0.1) is 10.6 Å². The Bertz CT molecular complexity index is 816. The van der Waals surface area contributed by atoms with Crippen molar-refractivity contribution >= 4 is 21.6 Å². The monoisotopic (exact) mass is 360 g/mol. The molecule has 0 bridgehead atoms. The molecule has 0 aliphatic heterocycles. The molecule has 0 saturated heterocycles. The van der Waals surface area contributed by atoms with Crippen LogP contribution in [-0.2, 0) is 10.0 Å². The molecule has 0 spiro atoms. The Balaban J connectivity index is 2.20. The zero-order valence-electron chi connectivity index (χ0n) is 14.9. The van der Waals surface area contributed by atoms with E-state index >= 15 is 0 Å². The molecule has 1 amide bonds. The molecule has 6 heteroatoms. The van der Waals surface area contributed by atoms with Crippen LogP contribution in [0.15, 0.2) is 59.5 Å². The van der Waals surface area contributed by atoms with E-state index in [0.29, 0.717) is 17.2 Å². The van der Waals surface area contributed by atoms with E-state index in [-0.39, 0.29) is 16.8 Å². The summed E-state index contributed by atoms with van der Waals surface area (Å²) in [6.07, 6.45) is 0. The number of rotatable bonds is 6. The van der Waals surface area contributed by atoms with Gasteiger partial charge in [0.15, 0.2) is 0 Å². The lowest BCUT2D eigenvalue weighted by Gasteiger charge is -2.20. The zero-order chi connectivity index (χ0) is 18.6. The van der Waals surface area contributed by atoms with Gasteiger partial charge in [0.1, 0.15) is 0 Å². The highest BCUT2D eigenvalue weighted by Crippen LogP contribution is 2.21. The molecule has 0 aliphatic carbocycles. The number of carbonyl (C=O) groups excluding carboxylic acids is 1. The van der Waals surface area contributed by atoms with Gasteiger partial charge in [-0.05, 0) is 49.2 Å². The standard InChI is InChI=1S/C19H24N2O3S/c1-14(2)15(3)20-19(22)16-10-12-18(13-11-16)25(23,24)21(4)17-8-6-5-7-9-17/h5-15H,1-4H3,(H,20,22)/t15-/m0/s1. The maximum Gasteiger partial charge on any atom is 0.264 e. The molecule has 134 valence electrons. The highest BCUT2D eigenvalue weighted by Gasteiger charge is 2.21. The summed E-state index contributed by atoms with van der Waals surface area (Å²) < 4.78 is 26.6. The second-order valence-corrected chi connectivity index (χ2v) is 8.31. The number of anilines is 1. The van der Waals surface area contributed by atoms with Crippen LogP contribution in [0.25, 0.3) is 0 Å². The maximum atomic E-state index is 12.7. The quantitative estimate of drug-likeness (QED) is 0.860. The fourth-order valence-corrected chi connectivity index (χ4v) is 3.37. The molecule has 0 heterocycles. The van der Waals surface area contributed by atoms with Crippen LogP contribution in [0.2, 0.25) is 0 Å². The van der Waals surface area contributed by atoms with Crippen LogP contribution in [0.1, 0.15) is 31.1 Å². The van der Waals surface area contributed by atoms with E-state index < -0.39 is 10.0 Å². The number of carbonyl (C=O) groups is 1. The normalized spacial score (nSPS) is 12.7. The number of sulfonamides is 1. The molecule has 2 rings (SSSR count). The number of nitrogens with zero attached hydrogens (tertiary/aromatic N) is 1. The van der Waals surface area contributed by atoms with Crippen molar-refractivity contribution in [3.63, 3.8) is 0 Å². The van der Waals surface area contributed by atoms with Crippen molar-refractivity contribution in [3.05, 3.63) is 60.2 Å². The molecule has 0 aromatic heterocycles. The Labute approximate surface area is 149 Å². The Hall–Kier alpha value is -2.34. The van der Waals surface area contributed by atoms with Crippen LogP contribution >= 0.6 is 0 Å². The minimum Gasteiger partial charge on any atom is -0.349 e. The molecule has 1 N–H and O–H groups in total. The van der Waals surface area contributed by atoms with E-state index in [1.165, 1.54) is 35.6 Å². The summed E-state index contributed by atoms with van der Waals surface area (Å²) in [5, 5.41) is 2.90. The van der Waals surface area contributed by atoms with Crippen LogP contribution in [0.4, 0.5) is 5.69 Å². The molecule has 0 unspecified atom stereocenters. The van der Waals surface area contributed by atoms with Gasteiger partial charge in [-0.15, -0.1) is 0 Å². The van der Waals surface area contributed by atoms with Crippen molar-refractivity contribution in [3.8, 4) is 0 Å². The van der Waals surface area contributed by atoms with Gasteiger partial charge in [0.2, 0.25) is 0 Å². The van der Waals surface area contributed by atoms with E-state index in [0.717, 1.165) is 0 Å². The minimum absolute atomic E-state index is 0.0418. The molecule has 0 saturated carbocycles. The van der Waals surface area contributed by atoms with E-state index in [4.69, 9.17) is 0 Å². The third-order valence-electron chi connectivity index (χ3n) is 4.25. The summed E-state index contributed by atoms with van der Waals surface area (Å²) in [6.45, 7) is 6.00. The lowest BCUT2D eigenvalue weighted by molar-refractivity contribution is 0.0930. The Morgan fingerprint density at radius 2 is 1.52 bits per heavy atom.